The molecule has 0 unspecified atom stereocenters. The third-order valence-corrected chi connectivity index (χ3v) is 2.33. The van der Waals surface area contributed by atoms with E-state index in [0.717, 1.165) is 0 Å². The molecular formula is C9H10N6O3. The second-order valence-corrected chi connectivity index (χ2v) is 3.46. The normalized spacial score (nSPS) is 10.3. The van der Waals surface area contributed by atoms with E-state index in [0.29, 0.717) is 5.56 Å². The number of ether oxygens (including phenoxy) is 1. The van der Waals surface area contributed by atoms with Crippen LogP contribution < -0.4 is 10.5 Å². The Hall–Kier alpha value is -2.71. The second-order valence-electron chi connectivity index (χ2n) is 3.46. The average Bonchev–Trinajstić information content (AvgIpc) is 2.75. The zero-order chi connectivity index (χ0) is 13.1. The number of tetrazole rings is 1. The third kappa shape index (κ3) is 2.19. The van der Waals surface area contributed by atoms with Gasteiger partial charge in [-0.25, -0.2) is 4.68 Å². The molecule has 2 rings (SSSR count). The molecule has 18 heavy (non-hydrogen) atoms. The first-order valence-electron chi connectivity index (χ1n) is 4.94. The van der Waals surface area contributed by atoms with E-state index in [-0.39, 0.29) is 23.9 Å². The molecule has 2 N–H and O–H groups in total. The predicted octanol–water partition coefficient (Wildman–Crippen LogP) is 0.220. The van der Waals surface area contributed by atoms with Crippen LogP contribution in [0.15, 0.2) is 18.2 Å². The van der Waals surface area contributed by atoms with E-state index in [1.807, 2.05) is 0 Å². The summed E-state index contributed by atoms with van der Waals surface area (Å²) in [6.07, 6.45) is 0. The Morgan fingerprint density at radius 1 is 1.56 bits per heavy atom. The number of hydrogen-bond acceptors (Lipinski definition) is 7. The molecule has 9 heteroatoms. The molecule has 94 valence electrons. The highest BCUT2D eigenvalue weighted by Gasteiger charge is 2.15. The van der Waals surface area contributed by atoms with Crippen LogP contribution in [0.25, 0.3) is 0 Å². The van der Waals surface area contributed by atoms with Crippen LogP contribution in [0, 0.1) is 10.1 Å². The van der Waals surface area contributed by atoms with Crippen molar-refractivity contribution in [3.05, 3.63) is 33.9 Å². The zero-order valence-corrected chi connectivity index (χ0v) is 9.48. The Morgan fingerprint density at radius 2 is 2.33 bits per heavy atom. The van der Waals surface area contributed by atoms with Gasteiger partial charge < -0.3 is 10.5 Å². The number of nitrogen functional groups attached to an aromatic ring is 1. The van der Waals surface area contributed by atoms with Gasteiger partial charge in [0.1, 0.15) is 0 Å². The largest absolute Gasteiger partial charge is 0.490 e. The molecular weight excluding hydrogens is 240 g/mol. The van der Waals surface area contributed by atoms with Gasteiger partial charge in [0.25, 0.3) is 0 Å². The lowest BCUT2D eigenvalue weighted by atomic mass is 10.2. The summed E-state index contributed by atoms with van der Waals surface area (Å²) in [6, 6.07) is 4.61. The van der Waals surface area contributed by atoms with Gasteiger partial charge in [0, 0.05) is 6.07 Å². The standard InChI is InChI=1S/C9H10N6O3/c1-18-8-3-2-6(4-7(8)15(16)17)5-14-9(10)11-12-13-14/h2-4H,5H2,1H3,(H2,10,11,13). The molecule has 0 aliphatic rings. The second kappa shape index (κ2) is 4.65. The molecule has 0 spiro atoms. The van der Waals surface area contributed by atoms with E-state index in [2.05, 4.69) is 15.5 Å². The highest BCUT2D eigenvalue weighted by Crippen LogP contribution is 2.27. The SMILES string of the molecule is COc1ccc(Cn2nnnc2N)cc1[N+](=O)[O-]. The van der Waals surface area contributed by atoms with E-state index in [1.54, 1.807) is 6.07 Å². The number of nitro groups is 1. The van der Waals surface area contributed by atoms with Crippen molar-refractivity contribution in [1.82, 2.24) is 20.2 Å². The summed E-state index contributed by atoms with van der Waals surface area (Å²) in [6.45, 7) is 0.254. The summed E-state index contributed by atoms with van der Waals surface area (Å²) in [7, 11) is 1.38. The van der Waals surface area contributed by atoms with Crippen LogP contribution >= 0.6 is 0 Å². The number of rotatable bonds is 4. The van der Waals surface area contributed by atoms with E-state index in [1.165, 1.54) is 23.9 Å². The molecule has 0 fully saturated rings. The van der Waals surface area contributed by atoms with Crippen molar-refractivity contribution in [1.29, 1.82) is 0 Å². The molecule has 0 aliphatic heterocycles. The molecule has 0 bridgehead atoms. The summed E-state index contributed by atoms with van der Waals surface area (Å²) < 4.78 is 6.25. The van der Waals surface area contributed by atoms with Crippen molar-refractivity contribution in [2.24, 2.45) is 0 Å². The third-order valence-electron chi connectivity index (χ3n) is 2.33. The minimum atomic E-state index is -0.509. The van der Waals surface area contributed by atoms with Crippen LogP contribution in [-0.2, 0) is 6.54 Å². The fourth-order valence-corrected chi connectivity index (χ4v) is 1.47. The van der Waals surface area contributed by atoms with Gasteiger partial charge >= 0.3 is 5.69 Å². The lowest BCUT2D eigenvalue weighted by molar-refractivity contribution is -0.385. The lowest BCUT2D eigenvalue weighted by Crippen LogP contribution is -2.07. The Labute approximate surface area is 101 Å². The van der Waals surface area contributed by atoms with Gasteiger partial charge in [0.2, 0.25) is 5.95 Å². The highest BCUT2D eigenvalue weighted by atomic mass is 16.6. The number of anilines is 1. The van der Waals surface area contributed by atoms with Gasteiger partial charge in [0.15, 0.2) is 5.75 Å². The summed E-state index contributed by atoms with van der Waals surface area (Å²) in [4.78, 5) is 10.3. The van der Waals surface area contributed by atoms with Gasteiger partial charge in [0.05, 0.1) is 18.6 Å². The minimum Gasteiger partial charge on any atom is -0.490 e. The van der Waals surface area contributed by atoms with E-state index < -0.39 is 4.92 Å². The van der Waals surface area contributed by atoms with Crippen molar-refractivity contribution in [3.8, 4) is 5.75 Å². The molecule has 0 atom stereocenters. The Balaban J connectivity index is 2.33. The number of nitrogens with two attached hydrogens (primary N) is 1. The van der Waals surface area contributed by atoms with Crippen LogP contribution in [0.5, 0.6) is 5.75 Å². The van der Waals surface area contributed by atoms with Crippen molar-refractivity contribution < 1.29 is 9.66 Å². The Kier molecular flexibility index (Phi) is 3.04. The first kappa shape index (κ1) is 11.8. The molecule has 0 aliphatic carbocycles. The van der Waals surface area contributed by atoms with Gasteiger partial charge in [-0.1, -0.05) is 11.2 Å². The molecule has 9 nitrogen and oxygen atoms in total. The average molecular weight is 250 g/mol. The van der Waals surface area contributed by atoms with Crippen molar-refractivity contribution in [2.45, 2.75) is 6.54 Å². The van der Waals surface area contributed by atoms with Gasteiger partial charge in [-0.15, -0.1) is 0 Å². The van der Waals surface area contributed by atoms with Gasteiger partial charge in [-0.05, 0) is 22.1 Å². The van der Waals surface area contributed by atoms with Crippen LogP contribution in [0.4, 0.5) is 11.6 Å². The summed E-state index contributed by atoms with van der Waals surface area (Å²) in [5.74, 6) is 0.349. The number of methoxy groups -OCH3 is 1. The van der Waals surface area contributed by atoms with Crippen LogP contribution in [0.2, 0.25) is 0 Å². The zero-order valence-electron chi connectivity index (χ0n) is 9.48. The fraction of sp³-hybridized carbons (Fsp3) is 0.222. The van der Waals surface area contributed by atoms with Gasteiger partial charge in [-0.3, -0.25) is 10.1 Å². The summed E-state index contributed by atoms with van der Waals surface area (Å²) in [5, 5.41) is 21.4. The predicted molar refractivity (Wildman–Crippen MR) is 61.0 cm³/mol. The number of hydrogen-bond donors (Lipinski definition) is 1. The van der Waals surface area contributed by atoms with Crippen molar-refractivity contribution in [3.63, 3.8) is 0 Å². The minimum absolute atomic E-state index is 0.110. The number of benzene rings is 1. The van der Waals surface area contributed by atoms with E-state index >= 15 is 0 Å². The Morgan fingerprint density at radius 3 is 2.89 bits per heavy atom. The summed E-state index contributed by atoms with van der Waals surface area (Å²) >= 11 is 0. The molecule has 0 amide bonds. The van der Waals surface area contributed by atoms with Crippen LogP contribution in [0.1, 0.15) is 5.56 Å². The fourth-order valence-electron chi connectivity index (χ4n) is 1.47. The maximum atomic E-state index is 10.9. The first-order valence-corrected chi connectivity index (χ1v) is 4.94. The lowest BCUT2D eigenvalue weighted by Gasteiger charge is -2.05. The topological polar surface area (TPSA) is 122 Å². The van der Waals surface area contributed by atoms with Crippen molar-refractivity contribution in [2.75, 3.05) is 12.8 Å². The quantitative estimate of drug-likeness (QED) is 0.608. The maximum absolute atomic E-state index is 10.9. The first-order chi connectivity index (χ1) is 8.61. The smallest absolute Gasteiger partial charge is 0.311 e. The molecule has 1 heterocycles. The summed E-state index contributed by atoms with van der Waals surface area (Å²) in [5.41, 5.74) is 6.06. The van der Waals surface area contributed by atoms with Crippen LogP contribution in [-0.4, -0.2) is 32.2 Å². The molecule has 0 radical (unpaired) electrons. The van der Waals surface area contributed by atoms with Crippen LogP contribution in [0.3, 0.4) is 0 Å². The number of nitro benzene ring substituents is 1. The molecule has 1 aromatic heterocycles. The molecule has 0 saturated heterocycles. The number of aromatic nitrogens is 4. The van der Waals surface area contributed by atoms with Gasteiger partial charge in [-0.2, -0.15) is 0 Å². The molecule has 1 aromatic carbocycles. The molecule has 2 aromatic rings. The molecule has 0 saturated carbocycles. The monoisotopic (exact) mass is 250 g/mol. The van der Waals surface area contributed by atoms with E-state index in [4.69, 9.17) is 10.5 Å². The maximum Gasteiger partial charge on any atom is 0.311 e. The van der Waals surface area contributed by atoms with E-state index in [9.17, 15) is 10.1 Å². The Bertz CT molecular complexity index is 581. The number of nitrogens with zero attached hydrogens (tertiary/aromatic N) is 5. The van der Waals surface area contributed by atoms with Crippen molar-refractivity contribution >= 4 is 11.6 Å². The highest BCUT2D eigenvalue weighted by molar-refractivity contribution is 5.48.